The highest BCUT2D eigenvalue weighted by Gasteiger charge is 2.09. The maximum atomic E-state index is 5.33. The zero-order valence-electron chi connectivity index (χ0n) is 7.97. The van der Waals surface area contributed by atoms with Gasteiger partial charge >= 0.3 is 8.64 Å². The first-order valence-electron chi connectivity index (χ1n) is 3.89. The third-order valence-corrected chi connectivity index (χ3v) is 4.00. The molecule has 0 unspecified atom stereocenters. The van der Waals surface area contributed by atoms with Gasteiger partial charge in [-0.25, -0.2) is 0 Å². The molecule has 0 bridgehead atoms. The molecular weight excluding hydrogens is 168 g/mol. The second kappa shape index (κ2) is 3.71. The Kier molecular flexibility index (Phi) is 2.86. The molecule has 1 aromatic heterocycles. The van der Waals surface area contributed by atoms with Gasteiger partial charge in [-0.2, -0.15) is 0 Å². The lowest BCUT2D eigenvalue weighted by atomic mass is 10.2. The lowest BCUT2D eigenvalue weighted by Gasteiger charge is -2.10. The summed E-state index contributed by atoms with van der Waals surface area (Å²) in [4.78, 5) is 0. The summed E-state index contributed by atoms with van der Waals surface area (Å²) in [6, 6.07) is 2.11. The molecule has 0 fully saturated rings. The van der Waals surface area contributed by atoms with Gasteiger partial charge in [-0.3, -0.25) is 0 Å². The van der Waals surface area contributed by atoms with Crippen LogP contribution in [-0.4, -0.2) is 22.9 Å². The Labute approximate surface area is 74.8 Å². The Morgan fingerprint density at radius 3 is 2.42 bits per heavy atom. The van der Waals surface area contributed by atoms with Crippen molar-refractivity contribution in [3.05, 3.63) is 22.9 Å². The minimum atomic E-state index is -1.00. The van der Waals surface area contributed by atoms with Crippen LogP contribution in [0.3, 0.4) is 0 Å². The number of hydrogen-bond acceptors (Lipinski definition) is 2. The van der Waals surface area contributed by atoms with Crippen LogP contribution in [0, 0.1) is 13.8 Å². The molecule has 1 rings (SSSR count). The summed E-state index contributed by atoms with van der Waals surface area (Å²) in [5, 5.41) is 1.02. The molecule has 0 aliphatic rings. The summed E-state index contributed by atoms with van der Waals surface area (Å²) >= 11 is 0. The van der Waals surface area contributed by atoms with Crippen LogP contribution >= 0.6 is 0 Å². The number of ether oxygens (including phenoxy) is 1. The third kappa shape index (κ3) is 1.50. The van der Waals surface area contributed by atoms with Gasteiger partial charge in [0.1, 0.15) is 5.36 Å². The maximum Gasteiger partial charge on any atom is 0.307 e. The van der Waals surface area contributed by atoms with E-state index in [1.807, 2.05) is 0 Å². The first-order chi connectivity index (χ1) is 5.70. The smallest absolute Gasteiger partial charge is 0.307 e. The van der Waals surface area contributed by atoms with E-state index in [-0.39, 0.29) is 0 Å². The molecule has 0 saturated carbocycles. The summed E-state index contributed by atoms with van der Waals surface area (Å²) in [6.45, 7) is 4.15. The average Bonchev–Trinajstić information content (AvgIpc) is 2.09. The molecule has 2 nitrogen and oxygen atoms in total. The van der Waals surface area contributed by atoms with E-state index in [9.17, 15) is 0 Å². The second-order valence-corrected chi connectivity index (χ2v) is 4.67. The van der Waals surface area contributed by atoms with Crippen LogP contribution in [-0.2, 0) is 0 Å². The van der Waals surface area contributed by atoms with Crippen molar-refractivity contribution in [2.45, 2.75) is 13.8 Å². The molecule has 0 saturated heterocycles. The number of methoxy groups -OCH3 is 1. The molecule has 1 aromatic rings. The van der Waals surface area contributed by atoms with Crippen LogP contribution in [0.15, 0.2) is 11.7 Å². The maximum absolute atomic E-state index is 5.33. The van der Waals surface area contributed by atoms with E-state index in [0.29, 0.717) is 0 Å². The first-order valence-corrected chi connectivity index (χ1v) is 5.37. The van der Waals surface area contributed by atoms with Crippen molar-refractivity contribution >= 4 is 8.64 Å². The molecule has 0 aliphatic heterocycles. The molecule has 66 valence electrons. The fourth-order valence-electron chi connectivity index (χ4n) is 1.18. The van der Waals surface area contributed by atoms with E-state index in [4.69, 9.17) is 9.16 Å². The van der Waals surface area contributed by atoms with Crippen molar-refractivity contribution in [3.8, 4) is 5.36 Å². The van der Waals surface area contributed by atoms with Gasteiger partial charge in [-0.05, 0) is 30.7 Å². The van der Waals surface area contributed by atoms with Crippen molar-refractivity contribution in [2.75, 3.05) is 14.2 Å². The zero-order valence-corrected chi connectivity index (χ0v) is 8.97. The molecule has 0 atom stereocenters. The van der Waals surface area contributed by atoms with E-state index < -0.39 is 8.64 Å². The van der Waals surface area contributed by atoms with Crippen molar-refractivity contribution in [1.82, 2.24) is 0 Å². The summed E-state index contributed by atoms with van der Waals surface area (Å²) in [5.74, 6) is 0. The topological polar surface area (TPSA) is 18.5 Å². The molecule has 0 aromatic carbocycles. The molecular formula is C9H14O2Si. The lowest BCUT2D eigenvalue weighted by Crippen LogP contribution is -2.12. The molecule has 0 N–H and O–H groups in total. The third-order valence-electron chi connectivity index (χ3n) is 2.06. The van der Waals surface area contributed by atoms with Gasteiger partial charge in [0.05, 0.1) is 14.2 Å². The second-order valence-electron chi connectivity index (χ2n) is 2.74. The van der Waals surface area contributed by atoms with Gasteiger partial charge in [-0.15, -0.1) is 0 Å². The highest BCUT2D eigenvalue weighted by atomic mass is 28.3. The summed E-state index contributed by atoms with van der Waals surface area (Å²) in [6.07, 6.45) is 0. The molecule has 0 radical (unpaired) electrons. The minimum Gasteiger partial charge on any atom is -0.548 e. The van der Waals surface area contributed by atoms with E-state index >= 15 is 0 Å². The van der Waals surface area contributed by atoms with Gasteiger partial charge in [0.2, 0.25) is 0 Å². The van der Waals surface area contributed by atoms with Gasteiger partial charge in [0.25, 0.3) is 0 Å². The highest BCUT2D eigenvalue weighted by molar-refractivity contribution is 6.49. The van der Waals surface area contributed by atoms with Gasteiger partial charge in [-0.1, -0.05) is 6.07 Å². The Hall–Kier alpha value is -0.833. The predicted octanol–water partition coefficient (Wildman–Crippen LogP) is 1.40. The first kappa shape index (κ1) is 9.26. The fourth-order valence-corrected chi connectivity index (χ4v) is 2.82. The summed E-state index contributed by atoms with van der Waals surface area (Å²) < 4.78 is 10.6. The van der Waals surface area contributed by atoms with Crippen molar-refractivity contribution in [2.24, 2.45) is 0 Å². The standard InChI is InChI=1S/C9H14O2Si/c1-7-5-6-12(11-4)9(10-3)8(7)2/h5-6H,1-4H3. The Balaban J connectivity index is 3.25. The average molecular weight is 182 g/mol. The lowest BCUT2D eigenvalue weighted by molar-refractivity contribution is 0.406. The van der Waals surface area contributed by atoms with Crippen LogP contribution in [0.5, 0.6) is 5.36 Å². The van der Waals surface area contributed by atoms with E-state index in [1.165, 1.54) is 11.1 Å². The Bertz CT molecular complexity index is 284. The van der Waals surface area contributed by atoms with Crippen LogP contribution < -0.4 is 9.16 Å². The Morgan fingerprint density at radius 1 is 1.25 bits per heavy atom. The minimum absolute atomic E-state index is 1.00. The van der Waals surface area contributed by atoms with E-state index in [0.717, 1.165) is 5.36 Å². The summed E-state index contributed by atoms with van der Waals surface area (Å²) in [5.41, 5.74) is 4.58. The number of aryl methyl sites for hydroxylation is 1. The van der Waals surface area contributed by atoms with E-state index in [2.05, 4.69) is 25.6 Å². The fraction of sp³-hybridized carbons (Fsp3) is 0.444. The molecule has 0 amide bonds. The quantitative estimate of drug-likeness (QED) is 0.644. The van der Waals surface area contributed by atoms with Crippen molar-refractivity contribution in [1.29, 1.82) is 0 Å². The van der Waals surface area contributed by atoms with Crippen molar-refractivity contribution in [3.63, 3.8) is 0 Å². The van der Waals surface area contributed by atoms with Crippen LogP contribution in [0.4, 0.5) is 0 Å². The monoisotopic (exact) mass is 182 g/mol. The van der Waals surface area contributed by atoms with Crippen LogP contribution in [0.25, 0.3) is 0 Å². The number of hydrogen-bond donors (Lipinski definition) is 0. The van der Waals surface area contributed by atoms with Gasteiger partial charge in [0.15, 0.2) is 0 Å². The normalized spacial score (nSPS) is 9.67. The molecule has 0 aliphatic carbocycles. The predicted molar refractivity (Wildman–Crippen MR) is 50.9 cm³/mol. The van der Waals surface area contributed by atoms with Crippen LogP contribution in [0.1, 0.15) is 11.1 Å². The SMILES string of the molecule is COc1c(C)c(C)cc[si]1OC. The number of rotatable bonds is 2. The van der Waals surface area contributed by atoms with Gasteiger partial charge in [0, 0.05) is 0 Å². The van der Waals surface area contributed by atoms with Gasteiger partial charge < -0.3 is 9.16 Å². The van der Waals surface area contributed by atoms with Crippen LogP contribution in [0.2, 0.25) is 0 Å². The zero-order chi connectivity index (χ0) is 9.14. The Morgan fingerprint density at radius 2 is 1.92 bits per heavy atom. The largest absolute Gasteiger partial charge is 0.548 e. The highest BCUT2D eigenvalue weighted by Crippen LogP contribution is 2.18. The summed E-state index contributed by atoms with van der Waals surface area (Å²) in [7, 11) is 2.43. The van der Waals surface area contributed by atoms with Crippen molar-refractivity contribution < 1.29 is 9.16 Å². The molecule has 1 heterocycles. The molecule has 12 heavy (non-hydrogen) atoms. The van der Waals surface area contributed by atoms with E-state index in [1.54, 1.807) is 14.2 Å². The molecule has 3 heteroatoms. The molecule has 0 spiro atoms.